The summed E-state index contributed by atoms with van der Waals surface area (Å²) in [5.41, 5.74) is 15.5. The van der Waals surface area contributed by atoms with Crippen molar-refractivity contribution in [3.8, 4) is 0 Å². The fourth-order valence-corrected chi connectivity index (χ4v) is 2.14. The van der Waals surface area contributed by atoms with Gasteiger partial charge in [-0.15, -0.1) is 0 Å². The molecular weight excluding hydrogens is 328 g/mol. The van der Waals surface area contributed by atoms with Crippen LogP contribution < -0.4 is 22.5 Å². The maximum atomic E-state index is 11.4. The molecule has 0 aliphatic rings. The Bertz CT molecular complexity index is 439. The van der Waals surface area contributed by atoms with Crippen molar-refractivity contribution in [2.75, 3.05) is 46.3 Å². The van der Waals surface area contributed by atoms with E-state index in [0.717, 1.165) is 0 Å². The lowest BCUT2D eigenvalue weighted by atomic mass is 10.2. The van der Waals surface area contributed by atoms with Gasteiger partial charge in [0.2, 0.25) is 23.6 Å². The van der Waals surface area contributed by atoms with Crippen LogP contribution in [0.5, 0.6) is 0 Å². The second kappa shape index (κ2) is 13.1. The molecule has 25 heavy (non-hydrogen) atoms. The van der Waals surface area contributed by atoms with Gasteiger partial charge in [-0.1, -0.05) is 0 Å². The van der Waals surface area contributed by atoms with E-state index in [0.29, 0.717) is 45.7 Å². The highest BCUT2D eigenvalue weighted by molar-refractivity contribution is 5.76. The zero-order valence-electron chi connectivity index (χ0n) is 14.8. The maximum Gasteiger partial charge on any atom is 0.221 e. The number of nitrogens with zero attached hydrogens (tertiary/aromatic N) is 2. The highest BCUT2D eigenvalue weighted by Gasteiger charge is 2.13. The second-order valence-electron chi connectivity index (χ2n) is 5.76. The van der Waals surface area contributed by atoms with Crippen LogP contribution in [0.1, 0.15) is 25.7 Å². The van der Waals surface area contributed by atoms with E-state index in [1.165, 1.54) is 0 Å². The number of amides is 4. The van der Waals surface area contributed by atoms with Crippen LogP contribution in [-0.2, 0) is 19.2 Å². The smallest absolute Gasteiger partial charge is 0.221 e. The van der Waals surface area contributed by atoms with Gasteiger partial charge in [0, 0.05) is 72.0 Å². The van der Waals surface area contributed by atoms with Gasteiger partial charge in [-0.05, 0) is 0 Å². The molecule has 0 atom stereocenters. The molecule has 0 aromatic rings. The summed E-state index contributed by atoms with van der Waals surface area (Å²) in [6.07, 6.45) is 0.852. The highest BCUT2D eigenvalue weighted by atomic mass is 16.2. The summed E-state index contributed by atoms with van der Waals surface area (Å²) in [5, 5.41) is 2.55. The molecule has 0 saturated carbocycles. The predicted molar refractivity (Wildman–Crippen MR) is 93.0 cm³/mol. The van der Waals surface area contributed by atoms with Crippen molar-refractivity contribution in [1.82, 2.24) is 15.1 Å². The number of rotatable bonds is 15. The lowest BCUT2D eigenvalue weighted by Crippen LogP contribution is -2.40. The third-order valence-corrected chi connectivity index (χ3v) is 3.69. The van der Waals surface area contributed by atoms with Gasteiger partial charge >= 0.3 is 0 Å². The molecule has 0 bridgehead atoms. The van der Waals surface area contributed by atoms with Crippen LogP contribution in [0.25, 0.3) is 0 Å². The summed E-state index contributed by atoms with van der Waals surface area (Å²) in [5.74, 6) is -1.35. The van der Waals surface area contributed by atoms with E-state index in [2.05, 4.69) is 5.32 Å². The van der Waals surface area contributed by atoms with Gasteiger partial charge in [-0.25, -0.2) is 0 Å². The molecule has 4 amide bonds. The van der Waals surface area contributed by atoms with Crippen molar-refractivity contribution in [3.63, 3.8) is 0 Å². The fraction of sp³-hybridized carbons (Fsp3) is 0.733. The van der Waals surface area contributed by atoms with Gasteiger partial charge < -0.3 is 32.3 Å². The lowest BCUT2D eigenvalue weighted by molar-refractivity contribution is -0.121. The Morgan fingerprint density at radius 2 is 0.960 bits per heavy atom. The molecule has 0 spiro atoms. The Kier molecular flexibility index (Phi) is 12.0. The number of hydrogen-bond donors (Lipinski definition) is 4. The van der Waals surface area contributed by atoms with Gasteiger partial charge in [-0.2, -0.15) is 0 Å². The van der Waals surface area contributed by atoms with Crippen molar-refractivity contribution in [2.24, 2.45) is 17.2 Å². The molecule has 0 unspecified atom stereocenters. The molecule has 0 aromatic heterocycles. The van der Waals surface area contributed by atoms with Gasteiger partial charge in [0.05, 0.1) is 0 Å². The molecule has 0 heterocycles. The maximum absolute atomic E-state index is 11.4. The van der Waals surface area contributed by atoms with Crippen LogP contribution in [0.4, 0.5) is 0 Å². The van der Waals surface area contributed by atoms with E-state index in [-0.39, 0.29) is 25.2 Å². The zero-order valence-corrected chi connectivity index (χ0v) is 14.8. The molecule has 10 nitrogen and oxygen atoms in total. The molecule has 10 heteroatoms. The van der Waals surface area contributed by atoms with E-state index in [9.17, 15) is 19.2 Å². The number of primary amides is 3. The molecular formula is C15H30N6O4. The van der Waals surface area contributed by atoms with E-state index < -0.39 is 17.7 Å². The average Bonchev–Trinajstić information content (AvgIpc) is 2.54. The second-order valence-corrected chi connectivity index (χ2v) is 5.76. The Hall–Kier alpha value is -2.20. The molecule has 0 aliphatic carbocycles. The van der Waals surface area contributed by atoms with Crippen LogP contribution in [-0.4, -0.2) is 79.7 Å². The molecule has 0 radical (unpaired) electrons. The number of carbonyl (C=O) groups is 4. The van der Waals surface area contributed by atoms with Gasteiger partial charge in [-0.3, -0.25) is 19.2 Å². The molecule has 0 aromatic carbocycles. The molecule has 0 saturated heterocycles. The van der Waals surface area contributed by atoms with Crippen LogP contribution in [0.2, 0.25) is 0 Å². The minimum Gasteiger partial charge on any atom is -0.370 e. The van der Waals surface area contributed by atoms with Crippen LogP contribution in [0.3, 0.4) is 0 Å². The van der Waals surface area contributed by atoms with E-state index >= 15 is 0 Å². The minimum atomic E-state index is -0.422. The first-order valence-corrected chi connectivity index (χ1v) is 8.24. The fourth-order valence-electron chi connectivity index (χ4n) is 2.14. The quantitative estimate of drug-likeness (QED) is 0.250. The Balaban J connectivity index is 4.58. The van der Waals surface area contributed by atoms with Crippen molar-refractivity contribution in [2.45, 2.75) is 25.7 Å². The van der Waals surface area contributed by atoms with Crippen LogP contribution >= 0.6 is 0 Å². The third kappa shape index (κ3) is 13.9. The summed E-state index contributed by atoms with van der Waals surface area (Å²) in [6, 6.07) is 0. The Labute approximate surface area is 148 Å². The number of carbonyl (C=O) groups excluding carboxylic acids is 4. The third-order valence-electron chi connectivity index (χ3n) is 3.69. The first-order valence-electron chi connectivity index (χ1n) is 8.24. The SMILES string of the molecule is CNC(=O)CCN(CCC(N)=O)CCN(CCC(N)=O)CCC(N)=O. The minimum absolute atomic E-state index is 0.0941. The average molecular weight is 358 g/mol. The standard InChI is InChI=1S/C15H30N6O4/c1-19-15(25)5-9-21(8-4-14(18)24)11-10-20(6-2-12(16)22)7-3-13(17)23/h2-11H2,1H3,(H2,16,22)(H2,17,23)(H2,18,24)(H,19,25). The zero-order chi connectivity index (χ0) is 19.2. The summed E-state index contributed by atoms with van der Waals surface area (Å²) in [6.45, 7) is 2.86. The number of hydrogen-bond acceptors (Lipinski definition) is 6. The molecule has 144 valence electrons. The van der Waals surface area contributed by atoms with Crippen molar-refractivity contribution in [1.29, 1.82) is 0 Å². The first kappa shape index (κ1) is 22.8. The molecule has 0 aliphatic heterocycles. The lowest BCUT2D eigenvalue weighted by Gasteiger charge is -2.27. The predicted octanol–water partition coefficient (Wildman–Crippen LogP) is -2.65. The number of nitrogens with two attached hydrogens (primary N) is 3. The Morgan fingerprint density at radius 3 is 1.24 bits per heavy atom. The molecule has 0 fully saturated rings. The van der Waals surface area contributed by atoms with Crippen molar-refractivity contribution < 1.29 is 19.2 Å². The topological polar surface area (TPSA) is 165 Å². The summed E-state index contributed by atoms with van der Waals surface area (Å²) in [7, 11) is 1.56. The van der Waals surface area contributed by atoms with Crippen molar-refractivity contribution in [3.05, 3.63) is 0 Å². The molecule has 0 rings (SSSR count). The molecule has 7 N–H and O–H groups in total. The first-order chi connectivity index (χ1) is 11.7. The summed E-state index contributed by atoms with van der Waals surface area (Å²) < 4.78 is 0. The normalized spacial score (nSPS) is 10.8. The van der Waals surface area contributed by atoms with Gasteiger partial charge in [0.1, 0.15) is 0 Å². The summed E-state index contributed by atoms with van der Waals surface area (Å²) >= 11 is 0. The highest BCUT2D eigenvalue weighted by Crippen LogP contribution is 2.00. The largest absolute Gasteiger partial charge is 0.370 e. The Morgan fingerprint density at radius 1 is 0.640 bits per heavy atom. The van der Waals surface area contributed by atoms with Gasteiger partial charge in [0.25, 0.3) is 0 Å². The van der Waals surface area contributed by atoms with E-state index in [1.807, 2.05) is 9.80 Å². The number of nitrogens with one attached hydrogen (secondary N) is 1. The van der Waals surface area contributed by atoms with Crippen LogP contribution in [0.15, 0.2) is 0 Å². The summed E-state index contributed by atoms with van der Waals surface area (Å²) in [4.78, 5) is 48.2. The monoisotopic (exact) mass is 358 g/mol. The van der Waals surface area contributed by atoms with Crippen molar-refractivity contribution >= 4 is 23.6 Å². The van der Waals surface area contributed by atoms with Crippen LogP contribution in [0, 0.1) is 0 Å². The van der Waals surface area contributed by atoms with Gasteiger partial charge in [0.15, 0.2) is 0 Å². The van der Waals surface area contributed by atoms with E-state index in [4.69, 9.17) is 17.2 Å². The van der Waals surface area contributed by atoms with E-state index in [1.54, 1.807) is 7.05 Å².